The van der Waals surface area contributed by atoms with Gasteiger partial charge in [-0.25, -0.2) is 0 Å². The van der Waals surface area contributed by atoms with Crippen molar-refractivity contribution in [2.45, 2.75) is 20.4 Å². The molecule has 1 aromatic rings. The van der Waals surface area contributed by atoms with Gasteiger partial charge in [0, 0.05) is 13.7 Å². The van der Waals surface area contributed by atoms with Crippen LogP contribution in [0.15, 0.2) is 18.2 Å². The minimum Gasteiger partial charge on any atom is -0.370 e. The van der Waals surface area contributed by atoms with Crippen LogP contribution in [0.25, 0.3) is 0 Å². The van der Waals surface area contributed by atoms with Crippen molar-refractivity contribution >= 4 is 0 Å². The van der Waals surface area contributed by atoms with Gasteiger partial charge in [0.2, 0.25) is 0 Å². The summed E-state index contributed by atoms with van der Waals surface area (Å²) >= 11 is 0. The average molecular weight is 179 g/mol. The first-order chi connectivity index (χ1) is 6.24. The van der Waals surface area contributed by atoms with Crippen LogP contribution in [0, 0.1) is 13.8 Å². The highest BCUT2D eigenvalue weighted by Gasteiger charge is 1.96. The largest absolute Gasteiger partial charge is 0.370 e. The van der Waals surface area contributed by atoms with E-state index in [1.807, 2.05) is 0 Å². The molecule has 0 heterocycles. The molecule has 0 aliphatic carbocycles. The number of nitrogens with one attached hydrogen (secondary N) is 1. The van der Waals surface area contributed by atoms with E-state index in [0.29, 0.717) is 6.73 Å². The fourth-order valence-electron chi connectivity index (χ4n) is 1.33. The van der Waals surface area contributed by atoms with Crippen molar-refractivity contribution in [1.29, 1.82) is 0 Å². The van der Waals surface area contributed by atoms with E-state index in [9.17, 15) is 0 Å². The summed E-state index contributed by atoms with van der Waals surface area (Å²) in [7, 11) is 1.69. The first kappa shape index (κ1) is 10.2. The number of rotatable bonds is 4. The van der Waals surface area contributed by atoms with Gasteiger partial charge in [-0.15, -0.1) is 0 Å². The molecule has 0 saturated carbocycles. The van der Waals surface area contributed by atoms with E-state index in [0.717, 1.165) is 6.54 Å². The lowest BCUT2D eigenvalue weighted by Gasteiger charge is -2.07. The molecule has 0 radical (unpaired) electrons. The van der Waals surface area contributed by atoms with Gasteiger partial charge in [-0.1, -0.05) is 23.8 Å². The van der Waals surface area contributed by atoms with Crippen molar-refractivity contribution < 1.29 is 4.74 Å². The minimum absolute atomic E-state index is 0.604. The summed E-state index contributed by atoms with van der Waals surface area (Å²) in [4.78, 5) is 0. The molecule has 0 aliphatic heterocycles. The van der Waals surface area contributed by atoms with Crippen LogP contribution < -0.4 is 5.32 Å². The third-order valence-electron chi connectivity index (χ3n) is 2.06. The third kappa shape index (κ3) is 3.17. The summed E-state index contributed by atoms with van der Waals surface area (Å²) in [6, 6.07) is 6.49. The molecule has 0 amide bonds. The molecule has 1 rings (SSSR count). The Morgan fingerprint density at radius 2 is 2.08 bits per heavy atom. The van der Waals surface area contributed by atoms with E-state index in [2.05, 4.69) is 37.4 Å². The van der Waals surface area contributed by atoms with Gasteiger partial charge < -0.3 is 4.74 Å². The molecule has 0 spiro atoms. The normalized spacial score (nSPS) is 10.4. The molecule has 0 atom stereocenters. The second kappa shape index (κ2) is 5.00. The zero-order valence-corrected chi connectivity index (χ0v) is 8.55. The van der Waals surface area contributed by atoms with Crippen molar-refractivity contribution in [3.05, 3.63) is 34.9 Å². The Morgan fingerprint density at radius 1 is 1.31 bits per heavy atom. The lowest BCUT2D eigenvalue weighted by Crippen LogP contribution is -2.16. The van der Waals surface area contributed by atoms with Gasteiger partial charge in [0.25, 0.3) is 0 Å². The maximum absolute atomic E-state index is 4.92. The molecule has 0 unspecified atom stereocenters. The Balaban J connectivity index is 2.56. The van der Waals surface area contributed by atoms with E-state index >= 15 is 0 Å². The summed E-state index contributed by atoms with van der Waals surface area (Å²) in [5, 5.41) is 3.19. The molecule has 0 bridgehead atoms. The Labute approximate surface area is 79.9 Å². The highest BCUT2D eigenvalue weighted by Crippen LogP contribution is 2.09. The molecule has 1 N–H and O–H groups in total. The maximum atomic E-state index is 4.92. The Hall–Kier alpha value is -0.860. The van der Waals surface area contributed by atoms with Crippen molar-refractivity contribution in [1.82, 2.24) is 5.32 Å². The Kier molecular flexibility index (Phi) is 3.93. The fourth-order valence-corrected chi connectivity index (χ4v) is 1.33. The van der Waals surface area contributed by atoms with Gasteiger partial charge >= 0.3 is 0 Å². The van der Waals surface area contributed by atoms with Crippen molar-refractivity contribution in [3.8, 4) is 0 Å². The average Bonchev–Trinajstić information content (AvgIpc) is 2.09. The number of benzene rings is 1. The van der Waals surface area contributed by atoms with E-state index in [-0.39, 0.29) is 0 Å². The van der Waals surface area contributed by atoms with Crippen molar-refractivity contribution in [2.24, 2.45) is 0 Å². The lowest BCUT2D eigenvalue weighted by atomic mass is 10.1. The molecule has 0 aromatic heterocycles. The summed E-state index contributed by atoms with van der Waals surface area (Å²) in [5.41, 5.74) is 3.99. The standard InChI is InChI=1S/C11H17NO/c1-9-4-5-11(10(2)6-9)7-12-8-13-3/h4-6,12H,7-8H2,1-3H3. The first-order valence-electron chi connectivity index (χ1n) is 4.50. The van der Waals surface area contributed by atoms with Gasteiger partial charge in [-0.2, -0.15) is 0 Å². The van der Waals surface area contributed by atoms with Gasteiger partial charge in [-0.3, -0.25) is 5.32 Å². The Morgan fingerprint density at radius 3 is 2.69 bits per heavy atom. The molecular formula is C11H17NO. The summed E-state index contributed by atoms with van der Waals surface area (Å²) in [6.07, 6.45) is 0. The molecule has 0 saturated heterocycles. The van der Waals surface area contributed by atoms with Crippen LogP contribution in [0.2, 0.25) is 0 Å². The summed E-state index contributed by atoms with van der Waals surface area (Å²) < 4.78 is 4.92. The molecule has 72 valence electrons. The van der Waals surface area contributed by atoms with Crippen LogP contribution >= 0.6 is 0 Å². The second-order valence-electron chi connectivity index (χ2n) is 3.29. The number of ether oxygens (including phenoxy) is 1. The predicted molar refractivity (Wildman–Crippen MR) is 54.6 cm³/mol. The third-order valence-corrected chi connectivity index (χ3v) is 2.06. The second-order valence-corrected chi connectivity index (χ2v) is 3.29. The lowest BCUT2D eigenvalue weighted by molar-refractivity contribution is 0.174. The van der Waals surface area contributed by atoms with Crippen LogP contribution in [-0.4, -0.2) is 13.8 Å². The fraction of sp³-hybridized carbons (Fsp3) is 0.455. The SMILES string of the molecule is COCNCc1ccc(C)cc1C. The van der Waals surface area contributed by atoms with E-state index in [1.54, 1.807) is 7.11 Å². The van der Waals surface area contributed by atoms with E-state index in [4.69, 9.17) is 4.74 Å². The number of methoxy groups -OCH3 is 1. The summed E-state index contributed by atoms with van der Waals surface area (Å²) in [6.45, 7) is 5.73. The van der Waals surface area contributed by atoms with Crippen LogP contribution in [-0.2, 0) is 11.3 Å². The van der Waals surface area contributed by atoms with Crippen LogP contribution in [0.5, 0.6) is 0 Å². The number of hydrogen-bond acceptors (Lipinski definition) is 2. The zero-order valence-electron chi connectivity index (χ0n) is 8.55. The van der Waals surface area contributed by atoms with Crippen LogP contribution in [0.1, 0.15) is 16.7 Å². The Bertz CT molecular complexity index is 271. The van der Waals surface area contributed by atoms with Gasteiger partial charge in [-0.05, 0) is 25.0 Å². The molecule has 2 nitrogen and oxygen atoms in total. The smallest absolute Gasteiger partial charge is 0.0964 e. The molecule has 13 heavy (non-hydrogen) atoms. The van der Waals surface area contributed by atoms with Crippen LogP contribution in [0.4, 0.5) is 0 Å². The molecule has 0 aliphatic rings. The van der Waals surface area contributed by atoms with Crippen molar-refractivity contribution in [3.63, 3.8) is 0 Å². The quantitative estimate of drug-likeness (QED) is 0.564. The zero-order chi connectivity index (χ0) is 9.68. The van der Waals surface area contributed by atoms with Gasteiger partial charge in [0.05, 0.1) is 6.73 Å². The van der Waals surface area contributed by atoms with Crippen molar-refractivity contribution in [2.75, 3.05) is 13.8 Å². The minimum atomic E-state index is 0.604. The topological polar surface area (TPSA) is 21.3 Å². The van der Waals surface area contributed by atoms with E-state index < -0.39 is 0 Å². The number of aryl methyl sites for hydroxylation is 2. The highest BCUT2D eigenvalue weighted by atomic mass is 16.5. The number of hydrogen-bond donors (Lipinski definition) is 1. The molecular weight excluding hydrogens is 162 g/mol. The predicted octanol–water partition coefficient (Wildman–Crippen LogP) is 2.00. The van der Waals surface area contributed by atoms with Gasteiger partial charge in [0.15, 0.2) is 0 Å². The van der Waals surface area contributed by atoms with Crippen LogP contribution in [0.3, 0.4) is 0 Å². The molecule has 2 heteroatoms. The first-order valence-corrected chi connectivity index (χ1v) is 4.50. The van der Waals surface area contributed by atoms with E-state index in [1.165, 1.54) is 16.7 Å². The maximum Gasteiger partial charge on any atom is 0.0964 e. The highest BCUT2D eigenvalue weighted by molar-refractivity contribution is 5.30. The monoisotopic (exact) mass is 179 g/mol. The summed E-state index contributed by atoms with van der Waals surface area (Å²) in [5.74, 6) is 0. The molecule has 1 aromatic carbocycles. The van der Waals surface area contributed by atoms with Gasteiger partial charge in [0.1, 0.15) is 0 Å². The molecule has 0 fully saturated rings.